The number of carbonyl (C=O) groups excluding carboxylic acids is 1. The van der Waals surface area contributed by atoms with E-state index in [4.69, 9.17) is 9.47 Å². The SMILES string of the molecule is CCCCCCC/C=C\C/C=C\C/C=C\CCCCCCCCCCCCC(=O)NC(COC1OC(CO)C(O)C(O)C1O)C(O)CCCCCCCCCCCCCCCCCCCCCCC. The number of carbonyl (C=O) groups is 1. The molecule has 0 aromatic heterocycles. The third-order valence-electron chi connectivity index (χ3n) is 14.2. The third-order valence-corrected chi connectivity index (χ3v) is 14.2. The van der Waals surface area contributed by atoms with Crippen LogP contribution in [0.3, 0.4) is 0 Å². The number of nitrogens with one attached hydrogen (secondary N) is 1. The molecule has 0 bridgehead atoms. The molecule has 9 nitrogen and oxygen atoms in total. The minimum absolute atomic E-state index is 0.138. The van der Waals surface area contributed by atoms with Gasteiger partial charge in [-0.15, -0.1) is 0 Å². The first kappa shape index (κ1) is 65.4. The molecule has 406 valence electrons. The van der Waals surface area contributed by atoms with Crippen LogP contribution in [0.4, 0.5) is 0 Å². The normalized spacial score (nSPS) is 19.7. The summed E-state index contributed by atoms with van der Waals surface area (Å²) in [5.41, 5.74) is 0. The van der Waals surface area contributed by atoms with Crippen molar-refractivity contribution < 1.29 is 39.8 Å². The molecule has 0 spiro atoms. The van der Waals surface area contributed by atoms with Crippen LogP contribution >= 0.6 is 0 Å². The number of rotatable bonds is 51. The van der Waals surface area contributed by atoms with Gasteiger partial charge in [-0.2, -0.15) is 0 Å². The van der Waals surface area contributed by atoms with Gasteiger partial charge in [0.1, 0.15) is 24.4 Å². The van der Waals surface area contributed by atoms with Gasteiger partial charge in [-0.1, -0.05) is 262 Å². The van der Waals surface area contributed by atoms with E-state index in [0.717, 1.165) is 51.4 Å². The van der Waals surface area contributed by atoms with Gasteiger partial charge in [0.25, 0.3) is 0 Å². The van der Waals surface area contributed by atoms with Crippen LogP contribution < -0.4 is 5.32 Å². The highest BCUT2D eigenvalue weighted by Crippen LogP contribution is 2.23. The van der Waals surface area contributed by atoms with Crippen LogP contribution in [0.15, 0.2) is 36.5 Å². The smallest absolute Gasteiger partial charge is 0.220 e. The van der Waals surface area contributed by atoms with Crippen LogP contribution in [0.2, 0.25) is 0 Å². The summed E-state index contributed by atoms with van der Waals surface area (Å²) in [4.78, 5) is 13.1. The van der Waals surface area contributed by atoms with Crippen LogP contribution in [-0.2, 0) is 14.3 Å². The van der Waals surface area contributed by atoms with Crippen molar-refractivity contribution in [1.82, 2.24) is 5.32 Å². The summed E-state index contributed by atoms with van der Waals surface area (Å²) in [5, 5.41) is 54.7. The molecule has 1 fully saturated rings. The first-order valence-corrected chi connectivity index (χ1v) is 29.7. The first-order valence-electron chi connectivity index (χ1n) is 29.7. The Kier molecular flexibility index (Phi) is 47.4. The molecular weight excluding hydrogens is 863 g/mol. The molecule has 1 aliphatic rings. The van der Waals surface area contributed by atoms with Gasteiger partial charge in [0.15, 0.2) is 6.29 Å². The maximum absolute atomic E-state index is 13.1. The van der Waals surface area contributed by atoms with Gasteiger partial charge in [0.05, 0.1) is 25.4 Å². The Morgan fingerprint density at radius 2 is 0.855 bits per heavy atom. The summed E-state index contributed by atoms with van der Waals surface area (Å²) in [6, 6.07) is -0.722. The average Bonchev–Trinajstić information content (AvgIpc) is 3.35. The highest BCUT2D eigenvalue weighted by atomic mass is 16.7. The van der Waals surface area contributed by atoms with Crippen molar-refractivity contribution in [3.63, 3.8) is 0 Å². The fourth-order valence-electron chi connectivity index (χ4n) is 9.52. The molecule has 0 radical (unpaired) electrons. The lowest BCUT2D eigenvalue weighted by Gasteiger charge is -2.40. The Hall–Kier alpha value is -1.59. The fourth-order valence-corrected chi connectivity index (χ4v) is 9.52. The van der Waals surface area contributed by atoms with Gasteiger partial charge in [0, 0.05) is 6.42 Å². The molecule has 0 aromatic rings. The van der Waals surface area contributed by atoms with E-state index in [1.165, 1.54) is 205 Å². The minimum Gasteiger partial charge on any atom is -0.394 e. The van der Waals surface area contributed by atoms with Crippen LogP contribution in [0.25, 0.3) is 0 Å². The van der Waals surface area contributed by atoms with E-state index in [0.29, 0.717) is 12.8 Å². The minimum atomic E-state index is -1.55. The van der Waals surface area contributed by atoms with E-state index < -0.39 is 49.5 Å². The van der Waals surface area contributed by atoms with Crippen LogP contribution in [0, 0.1) is 0 Å². The molecule has 0 aliphatic carbocycles. The van der Waals surface area contributed by atoms with Crippen molar-refractivity contribution in [2.75, 3.05) is 13.2 Å². The van der Waals surface area contributed by atoms with Gasteiger partial charge >= 0.3 is 0 Å². The van der Waals surface area contributed by atoms with E-state index in [1.807, 2.05) is 0 Å². The number of ether oxygens (including phenoxy) is 2. The Balaban J connectivity index is 2.20. The number of aliphatic hydroxyl groups is 5. The van der Waals surface area contributed by atoms with Crippen molar-refractivity contribution in [3.8, 4) is 0 Å². The first-order chi connectivity index (χ1) is 33.8. The summed E-state index contributed by atoms with van der Waals surface area (Å²) in [6.07, 6.45) is 57.4. The fraction of sp³-hybridized carbons (Fsp3) is 0.883. The van der Waals surface area contributed by atoms with Crippen LogP contribution in [-0.4, -0.2) is 87.5 Å². The van der Waals surface area contributed by atoms with Crippen molar-refractivity contribution in [3.05, 3.63) is 36.5 Å². The number of hydrogen-bond donors (Lipinski definition) is 6. The second-order valence-electron chi connectivity index (χ2n) is 20.8. The second-order valence-corrected chi connectivity index (χ2v) is 20.8. The zero-order chi connectivity index (χ0) is 50.1. The van der Waals surface area contributed by atoms with Gasteiger partial charge in [0.2, 0.25) is 5.91 Å². The summed E-state index contributed by atoms with van der Waals surface area (Å²) in [6.45, 7) is 3.86. The van der Waals surface area contributed by atoms with Crippen molar-refractivity contribution >= 4 is 5.91 Å². The van der Waals surface area contributed by atoms with Gasteiger partial charge in [-0.05, 0) is 51.4 Å². The van der Waals surface area contributed by atoms with E-state index in [9.17, 15) is 30.3 Å². The zero-order valence-corrected chi connectivity index (χ0v) is 45.1. The van der Waals surface area contributed by atoms with Crippen molar-refractivity contribution in [2.45, 2.75) is 326 Å². The standard InChI is InChI=1S/C60H113NO8/c1-3-5-7-9-11-13-15-17-19-21-23-25-26-27-28-30-32-34-36-38-40-42-44-46-48-50-56(64)61-53(52-68-60-59(67)58(66)57(65)55(51-62)69-60)54(63)49-47-45-43-41-39-37-35-33-31-29-24-22-20-18-16-14-12-10-8-6-4-2/h15,17,21,23,26-27,53-55,57-60,62-63,65-67H,3-14,16,18-20,22,24-25,28-52H2,1-2H3,(H,61,64)/b17-15-,23-21-,27-26-. The Bertz CT molecular complexity index is 1180. The maximum atomic E-state index is 13.1. The van der Waals surface area contributed by atoms with Crippen LogP contribution in [0.5, 0.6) is 0 Å². The van der Waals surface area contributed by atoms with E-state index >= 15 is 0 Å². The van der Waals surface area contributed by atoms with E-state index in [2.05, 4.69) is 55.6 Å². The van der Waals surface area contributed by atoms with Crippen molar-refractivity contribution in [1.29, 1.82) is 0 Å². The monoisotopic (exact) mass is 976 g/mol. The van der Waals surface area contributed by atoms with Crippen LogP contribution in [0.1, 0.15) is 284 Å². The Morgan fingerprint density at radius 3 is 1.26 bits per heavy atom. The molecule has 0 aromatic carbocycles. The largest absolute Gasteiger partial charge is 0.394 e. The molecule has 69 heavy (non-hydrogen) atoms. The predicted molar refractivity (Wildman–Crippen MR) is 290 cm³/mol. The molecule has 7 atom stereocenters. The quantitative estimate of drug-likeness (QED) is 0.0261. The molecule has 0 saturated carbocycles. The molecule has 7 unspecified atom stereocenters. The Labute approximate surface area is 425 Å². The van der Waals surface area contributed by atoms with Gasteiger partial charge in [-0.25, -0.2) is 0 Å². The predicted octanol–water partition coefficient (Wildman–Crippen LogP) is 14.7. The second kappa shape index (κ2) is 50.0. The number of allylic oxidation sites excluding steroid dienone is 6. The Morgan fingerprint density at radius 1 is 0.493 bits per heavy atom. The lowest BCUT2D eigenvalue weighted by molar-refractivity contribution is -0.302. The molecule has 1 amide bonds. The molecule has 1 saturated heterocycles. The number of hydrogen-bond acceptors (Lipinski definition) is 8. The number of aliphatic hydroxyl groups excluding tert-OH is 5. The maximum Gasteiger partial charge on any atom is 0.220 e. The highest BCUT2D eigenvalue weighted by molar-refractivity contribution is 5.76. The van der Waals surface area contributed by atoms with Gasteiger partial charge in [-0.3, -0.25) is 4.79 Å². The molecule has 9 heteroatoms. The average molecular weight is 977 g/mol. The lowest BCUT2D eigenvalue weighted by Crippen LogP contribution is -2.60. The molecule has 1 heterocycles. The van der Waals surface area contributed by atoms with Crippen molar-refractivity contribution in [2.24, 2.45) is 0 Å². The lowest BCUT2D eigenvalue weighted by atomic mass is 9.99. The van der Waals surface area contributed by atoms with E-state index in [-0.39, 0.29) is 12.5 Å². The molecule has 1 rings (SSSR count). The molecular formula is C60H113NO8. The molecule has 1 aliphatic heterocycles. The summed E-state index contributed by atoms with van der Waals surface area (Å²) in [7, 11) is 0. The van der Waals surface area contributed by atoms with Gasteiger partial charge < -0.3 is 40.3 Å². The summed E-state index contributed by atoms with van der Waals surface area (Å²) >= 11 is 0. The number of amides is 1. The zero-order valence-electron chi connectivity index (χ0n) is 45.1. The summed E-state index contributed by atoms with van der Waals surface area (Å²) < 4.78 is 11.3. The third kappa shape index (κ3) is 39.6. The molecule has 6 N–H and O–H groups in total. The topological polar surface area (TPSA) is 149 Å². The van der Waals surface area contributed by atoms with E-state index in [1.54, 1.807) is 0 Å². The summed E-state index contributed by atoms with van der Waals surface area (Å²) in [5.74, 6) is -0.145. The highest BCUT2D eigenvalue weighted by Gasteiger charge is 2.44. The number of unbranched alkanes of at least 4 members (excludes halogenated alkanes) is 35.